The van der Waals surface area contributed by atoms with E-state index >= 15 is 0 Å². The largest absolute Gasteiger partial charge is 0.493 e. The Morgan fingerprint density at radius 3 is 2.67 bits per heavy atom. The molecule has 2 rings (SSSR count). The van der Waals surface area contributed by atoms with Crippen molar-refractivity contribution in [2.24, 2.45) is 0 Å². The van der Waals surface area contributed by atoms with Crippen LogP contribution in [0.15, 0.2) is 23.6 Å². The van der Waals surface area contributed by atoms with Crippen LogP contribution in [0.2, 0.25) is 0 Å². The number of carbonyl (C=O) groups is 1. The molecule has 0 aliphatic carbocycles. The van der Waals surface area contributed by atoms with Gasteiger partial charge in [0.2, 0.25) is 0 Å². The smallest absolute Gasteiger partial charge is 0.270 e. The van der Waals surface area contributed by atoms with Crippen LogP contribution in [-0.2, 0) is 0 Å². The maximum Gasteiger partial charge on any atom is 0.270 e. The van der Waals surface area contributed by atoms with Gasteiger partial charge in [0.1, 0.15) is 10.7 Å². The highest BCUT2D eigenvalue weighted by molar-refractivity contribution is 7.13. The van der Waals surface area contributed by atoms with E-state index in [-0.39, 0.29) is 11.9 Å². The van der Waals surface area contributed by atoms with Crippen molar-refractivity contribution in [3.05, 3.63) is 29.3 Å². The average molecular weight is 306 g/mol. The van der Waals surface area contributed by atoms with Gasteiger partial charge in [-0.1, -0.05) is 6.07 Å². The third-order valence-corrected chi connectivity index (χ3v) is 3.67. The first kappa shape index (κ1) is 15.3. The molecule has 0 aliphatic heterocycles. The Kier molecular flexibility index (Phi) is 4.80. The lowest BCUT2D eigenvalue weighted by Crippen LogP contribution is -2.30. The second-order valence-corrected chi connectivity index (χ2v) is 5.57. The minimum absolute atomic E-state index is 0.0778. The van der Waals surface area contributed by atoms with Crippen molar-refractivity contribution in [3.8, 4) is 22.1 Å². The molecule has 0 unspecified atom stereocenters. The van der Waals surface area contributed by atoms with E-state index in [1.54, 1.807) is 19.6 Å². The van der Waals surface area contributed by atoms with E-state index in [9.17, 15) is 4.79 Å². The highest BCUT2D eigenvalue weighted by atomic mass is 32.1. The molecule has 21 heavy (non-hydrogen) atoms. The van der Waals surface area contributed by atoms with E-state index in [0.29, 0.717) is 17.2 Å². The van der Waals surface area contributed by atoms with E-state index in [1.165, 1.54) is 11.3 Å². The van der Waals surface area contributed by atoms with Crippen LogP contribution < -0.4 is 14.8 Å². The normalized spacial score (nSPS) is 10.5. The van der Waals surface area contributed by atoms with Gasteiger partial charge in [-0.2, -0.15) is 0 Å². The summed E-state index contributed by atoms with van der Waals surface area (Å²) in [7, 11) is 3.17. The highest BCUT2D eigenvalue weighted by Crippen LogP contribution is 2.38. The van der Waals surface area contributed by atoms with E-state index in [1.807, 2.05) is 32.0 Å². The molecule has 0 spiro atoms. The molecule has 0 aliphatic rings. The average Bonchev–Trinajstić information content (AvgIpc) is 2.95. The number of carbonyl (C=O) groups excluding carboxylic acids is 1. The van der Waals surface area contributed by atoms with E-state index in [0.717, 1.165) is 10.6 Å². The summed E-state index contributed by atoms with van der Waals surface area (Å²) >= 11 is 1.40. The number of hydrogen-bond donors (Lipinski definition) is 1. The zero-order chi connectivity index (χ0) is 15.4. The number of ether oxygens (including phenoxy) is 2. The quantitative estimate of drug-likeness (QED) is 0.922. The third-order valence-electron chi connectivity index (χ3n) is 2.79. The van der Waals surface area contributed by atoms with Gasteiger partial charge in [-0.3, -0.25) is 4.79 Å². The molecule has 1 heterocycles. The zero-order valence-electron chi connectivity index (χ0n) is 12.5. The lowest BCUT2D eigenvalue weighted by Gasteiger charge is -2.10. The molecule has 0 bridgehead atoms. The SMILES string of the molecule is COc1cccc(-c2nc(C(=O)NC(C)C)cs2)c1OC. The van der Waals surface area contributed by atoms with Gasteiger partial charge >= 0.3 is 0 Å². The molecule has 1 amide bonds. The summed E-state index contributed by atoms with van der Waals surface area (Å²) in [6.45, 7) is 3.83. The van der Waals surface area contributed by atoms with Gasteiger partial charge in [0.05, 0.1) is 19.8 Å². The Balaban J connectivity index is 2.36. The monoisotopic (exact) mass is 306 g/mol. The molecular weight excluding hydrogens is 288 g/mol. The third kappa shape index (κ3) is 3.33. The van der Waals surface area contributed by atoms with Crippen molar-refractivity contribution in [2.75, 3.05) is 14.2 Å². The lowest BCUT2D eigenvalue weighted by atomic mass is 10.2. The number of para-hydroxylation sites is 1. The molecule has 5 nitrogen and oxygen atoms in total. The van der Waals surface area contributed by atoms with Crippen molar-refractivity contribution in [2.45, 2.75) is 19.9 Å². The Morgan fingerprint density at radius 1 is 1.29 bits per heavy atom. The van der Waals surface area contributed by atoms with Crippen LogP contribution in [0.1, 0.15) is 24.3 Å². The maximum absolute atomic E-state index is 12.0. The minimum atomic E-state index is -0.172. The van der Waals surface area contributed by atoms with Gasteiger partial charge in [0, 0.05) is 11.4 Å². The van der Waals surface area contributed by atoms with Gasteiger partial charge in [0.15, 0.2) is 11.5 Å². The Bertz CT molecular complexity index is 638. The fourth-order valence-electron chi connectivity index (χ4n) is 1.89. The Labute approximate surface area is 127 Å². The number of thiazole rings is 1. The Morgan fingerprint density at radius 2 is 2.05 bits per heavy atom. The van der Waals surface area contributed by atoms with E-state index < -0.39 is 0 Å². The molecular formula is C15H18N2O3S. The van der Waals surface area contributed by atoms with Gasteiger partial charge in [-0.25, -0.2) is 4.98 Å². The van der Waals surface area contributed by atoms with Crippen LogP contribution in [0.4, 0.5) is 0 Å². The summed E-state index contributed by atoms with van der Waals surface area (Å²) in [6, 6.07) is 5.66. The molecule has 0 radical (unpaired) electrons. The number of amides is 1. The zero-order valence-corrected chi connectivity index (χ0v) is 13.3. The van der Waals surface area contributed by atoms with Crippen molar-refractivity contribution in [1.82, 2.24) is 10.3 Å². The summed E-state index contributed by atoms with van der Waals surface area (Å²) in [6.07, 6.45) is 0. The van der Waals surface area contributed by atoms with Crippen molar-refractivity contribution >= 4 is 17.2 Å². The maximum atomic E-state index is 12.0. The van der Waals surface area contributed by atoms with Crippen LogP contribution in [0.25, 0.3) is 10.6 Å². The first-order chi connectivity index (χ1) is 10.1. The highest BCUT2D eigenvalue weighted by Gasteiger charge is 2.17. The number of nitrogens with one attached hydrogen (secondary N) is 1. The first-order valence-electron chi connectivity index (χ1n) is 6.54. The molecule has 0 saturated carbocycles. The fourth-order valence-corrected chi connectivity index (χ4v) is 2.72. The number of rotatable bonds is 5. The second-order valence-electron chi connectivity index (χ2n) is 4.71. The topological polar surface area (TPSA) is 60.5 Å². The van der Waals surface area contributed by atoms with E-state index in [4.69, 9.17) is 9.47 Å². The van der Waals surface area contributed by atoms with Crippen molar-refractivity contribution in [1.29, 1.82) is 0 Å². The summed E-state index contributed by atoms with van der Waals surface area (Å²) in [4.78, 5) is 16.3. The lowest BCUT2D eigenvalue weighted by molar-refractivity contribution is 0.0939. The van der Waals surface area contributed by atoms with Crippen LogP contribution in [0.5, 0.6) is 11.5 Å². The Hall–Kier alpha value is -2.08. The van der Waals surface area contributed by atoms with E-state index in [2.05, 4.69) is 10.3 Å². The number of aromatic nitrogens is 1. The summed E-state index contributed by atoms with van der Waals surface area (Å²) in [5, 5.41) is 5.29. The van der Waals surface area contributed by atoms with Gasteiger partial charge < -0.3 is 14.8 Å². The molecule has 2 aromatic rings. The van der Waals surface area contributed by atoms with Crippen LogP contribution in [0, 0.1) is 0 Å². The fraction of sp³-hybridized carbons (Fsp3) is 0.333. The molecule has 1 aromatic heterocycles. The number of hydrogen-bond acceptors (Lipinski definition) is 5. The van der Waals surface area contributed by atoms with Crippen molar-refractivity contribution < 1.29 is 14.3 Å². The minimum Gasteiger partial charge on any atom is -0.493 e. The molecule has 1 N–H and O–H groups in total. The molecule has 1 aromatic carbocycles. The predicted octanol–water partition coefficient (Wildman–Crippen LogP) is 2.97. The number of benzene rings is 1. The first-order valence-corrected chi connectivity index (χ1v) is 7.42. The molecule has 0 saturated heterocycles. The molecule has 112 valence electrons. The van der Waals surface area contributed by atoms with Gasteiger partial charge in [0.25, 0.3) is 5.91 Å². The van der Waals surface area contributed by atoms with Crippen LogP contribution in [0.3, 0.4) is 0 Å². The predicted molar refractivity (Wildman–Crippen MR) is 83.3 cm³/mol. The van der Waals surface area contributed by atoms with Crippen LogP contribution in [-0.4, -0.2) is 31.2 Å². The summed E-state index contributed by atoms with van der Waals surface area (Å²) in [5.41, 5.74) is 1.22. The summed E-state index contributed by atoms with van der Waals surface area (Å²) in [5.74, 6) is 1.08. The molecule has 0 fully saturated rings. The summed E-state index contributed by atoms with van der Waals surface area (Å²) < 4.78 is 10.7. The number of nitrogens with zero attached hydrogens (tertiary/aromatic N) is 1. The van der Waals surface area contributed by atoms with Crippen molar-refractivity contribution in [3.63, 3.8) is 0 Å². The second kappa shape index (κ2) is 6.58. The van der Waals surface area contributed by atoms with Gasteiger partial charge in [-0.05, 0) is 26.0 Å². The molecule has 6 heteroatoms. The molecule has 0 atom stereocenters. The van der Waals surface area contributed by atoms with Crippen LogP contribution >= 0.6 is 11.3 Å². The van der Waals surface area contributed by atoms with Gasteiger partial charge in [-0.15, -0.1) is 11.3 Å². The standard InChI is InChI=1S/C15H18N2O3S/c1-9(2)16-14(18)11-8-21-15(17-11)10-6-5-7-12(19-3)13(10)20-4/h5-9H,1-4H3,(H,16,18). The number of methoxy groups -OCH3 is 2.